The average Bonchev–Trinajstić information content (AvgIpc) is 1.89. The van der Waals surface area contributed by atoms with Crippen molar-refractivity contribution >= 4 is 6.29 Å². The molecule has 0 aliphatic carbocycles. The molecule has 0 saturated carbocycles. The molecule has 58 valence electrons. The fraction of sp³-hybridized carbons (Fsp3) is 0.625. The maximum atomic E-state index is 10.4. The van der Waals surface area contributed by atoms with Crippen LogP contribution in [0.4, 0.5) is 0 Å². The number of rotatable bonds is 5. The molecule has 0 bridgehead atoms. The minimum absolute atomic E-state index is 0.247. The van der Waals surface area contributed by atoms with Crippen molar-refractivity contribution in [2.24, 2.45) is 5.41 Å². The predicted octanol–water partition coefficient (Wildman–Crippen LogP) is 0.987. The first kappa shape index (κ1) is 9.37. The van der Waals surface area contributed by atoms with Gasteiger partial charge in [-0.2, -0.15) is 0 Å². The van der Waals surface area contributed by atoms with E-state index >= 15 is 0 Å². The summed E-state index contributed by atoms with van der Waals surface area (Å²) in [6.45, 7) is 8.83. The minimum Gasteiger partial charge on any atom is -0.312 e. The third-order valence-corrected chi connectivity index (χ3v) is 1.19. The Morgan fingerprint density at radius 1 is 1.60 bits per heavy atom. The predicted molar refractivity (Wildman–Crippen MR) is 42.9 cm³/mol. The van der Waals surface area contributed by atoms with E-state index in [-0.39, 0.29) is 5.41 Å². The molecule has 0 fully saturated rings. The summed E-state index contributed by atoms with van der Waals surface area (Å²) >= 11 is 0. The van der Waals surface area contributed by atoms with Crippen molar-refractivity contribution in [3.8, 4) is 0 Å². The molecule has 0 aromatic carbocycles. The molecule has 0 aromatic heterocycles. The Kier molecular flexibility index (Phi) is 3.96. The topological polar surface area (TPSA) is 29.1 Å². The maximum Gasteiger partial charge on any atom is 0.126 e. The summed E-state index contributed by atoms with van der Waals surface area (Å²) < 4.78 is 0. The zero-order chi connectivity index (χ0) is 8.04. The van der Waals surface area contributed by atoms with Gasteiger partial charge in [0.05, 0.1) is 0 Å². The second-order valence-electron chi connectivity index (χ2n) is 3.03. The van der Waals surface area contributed by atoms with Gasteiger partial charge in [0.1, 0.15) is 6.29 Å². The van der Waals surface area contributed by atoms with Crippen molar-refractivity contribution in [3.63, 3.8) is 0 Å². The third kappa shape index (κ3) is 4.27. The summed E-state index contributed by atoms with van der Waals surface area (Å²) in [6, 6.07) is 0. The van der Waals surface area contributed by atoms with Crippen molar-refractivity contribution in [2.75, 3.05) is 13.1 Å². The number of hydrogen-bond acceptors (Lipinski definition) is 2. The number of nitrogens with one attached hydrogen (secondary N) is 1. The smallest absolute Gasteiger partial charge is 0.126 e. The minimum atomic E-state index is -0.247. The Morgan fingerprint density at radius 3 is 2.60 bits per heavy atom. The molecular weight excluding hydrogens is 126 g/mol. The van der Waals surface area contributed by atoms with Crippen LogP contribution in [0, 0.1) is 5.41 Å². The van der Waals surface area contributed by atoms with Gasteiger partial charge in [0, 0.05) is 18.5 Å². The summed E-state index contributed by atoms with van der Waals surface area (Å²) in [7, 11) is 0. The van der Waals surface area contributed by atoms with E-state index in [1.54, 1.807) is 6.08 Å². The molecule has 0 aliphatic rings. The Hall–Kier alpha value is -0.630. The van der Waals surface area contributed by atoms with Crippen molar-refractivity contribution < 1.29 is 4.79 Å². The van der Waals surface area contributed by atoms with Gasteiger partial charge in [0.15, 0.2) is 0 Å². The molecule has 0 saturated heterocycles. The molecule has 0 unspecified atom stereocenters. The van der Waals surface area contributed by atoms with E-state index in [4.69, 9.17) is 0 Å². The molecule has 0 rings (SSSR count). The van der Waals surface area contributed by atoms with Gasteiger partial charge in [-0.15, -0.1) is 6.58 Å². The summed E-state index contributed by atoms with van der Waals surface area (Å²) in [5, 5.41) is 3.08. The van der Waals surface area contributed by atoms with Crippen molar-refractivity contribution in [3.05, 3.63) is 12.7 Å². The molecule has 1 N–H and O–H groups in total. The molecule has 2 heteroatoms. The molecule has 0 aliphatic heterocycles. The third-order valence-electron chi connectivity index (χ3n) is 1.19. The van der Waals surface area contributed by atoms with E-state index in [0.29, 0.717) is 6.54 Å². The molecule has 0 radical (unpaired) electrons. The van der Waals surface area contributed by atoms with E-state index in [1.807, 2.05) is 13.8 Å². The van der Waals surface area contributed by atoms with Crippen LogP contribution in [0.3, 0.4) is 0 Å². The largest absolute Gasteiger partial charge is 0.312 e. The lowest BCUT2D eigenvalue weighted by molar-refractivity contribution is -0.114. The number of carbonyl (C=O) groups excluding carboxylic acids is 1. The summed E-state index contributed by atoms with van der Waals surface area (Å²) in [4.78, 5) is 10.4. The van der Waals surface area contributed by atoms with Crippen molar-refractivity contribution in [1.82, 2.24) is 5.32 Å². The van der Waals surface area contributed by atoms with Gasteiger partial charge in [-0.05, 0) is 0 Å². The van der Waals surface area contributed by atoms with E-state index < -0.39 is 0 Å². The van der Waals surface area contributed by atoms with Gasteiger partial charge < -0.3 is 10.1 Å². The Morgan fingerprint density at radius 2 is 2.20 bits per heavy atom. The first-order valence-electron chi connectivity index (χ1n) is 3.40. The van der Waals surface area contributed by atoms with E-state index in [1.165, 1.54) is 0 Å². The van der Waals surface area contributed by atoms with Gasteiger partial charge in [-0.1, -0.05) is 19.9 Å². The Labute approximate surface area is 62.3 Å². The van der Waals surface area contributed by atoms with E-state index in [0.717, 1.165) is 12.8 Å². The monoisotopic (exact) mass is 141 g/mol. The van der Waals surface area contributed by atoms with Crippen LogP contribution >= 0.6 is 0 Å². The maximum absolute atomic E-state index is 10.4. The molecule has 0 amide bonds. The molecule has 10 heavy (non-hydrogen) atoms. The number of aldehydes is 1. The molecule has 0 atom stereocenters. The van der Waals surface area contributed by atoms with Crippen LogP contribution in [-0.2, 0) is 4.79 Å². The van der Waals surface area contributed by atoms with Gasteiger partial charge >= 0.3 is 0 Å². The van der Waals surface area contributed by atoms with Crippen molar-refractivity contribution in [1.29, 1.82) is 0 Å². The lowest BCUT2D eigenvalue weighted by atomic mass is 9.96. The fourth-order valence-electron chi connectivity index (χ4n) is 0.538. The van der Waals surface area contributed by atoms with Gasteiger partial charge in [-0.25, -0.2) is 0 Å². The van der Waals surface area contributed by atoms with Crippen LogP contribution in [0.5, 0.6) is 0 Å². The lowest BCUT2D eigenvalue weighted by Crippen LogP contribution is -2.30. The quantitative estimate of drug-likeness (QED) is 0.351. The highest BCUT2D eigenvalue weighted by Crippen LogP contribution is 2.07. The molecule has 2 nitrogen and oxygen atoms in total. The van der Waals surface area contributed by atoms with Gasteiger partial charge in [0.2, 0.25) is 0 Å². The zero-order valence-corrected chi connectivity index (χ0v) is 6.68. The van der Waals surface area contributed by atoms with E-state index in [9.17, 15) is 4.79 Å². The number of hydrogen-bond donors (Lipinski definition) is 1. The first-order chi connectivity index (χ1) is 4.62. The second kappa shape index (κ2) is 4.23. The fourth-order valence-corrected chi connectivity index (χ4v) is 0.538. The highest BCUT2D eigenvalue weighted by atomic mass is 16.1. The van der Waals surface area contributed by atoms with Gasteiger partial charge in [-0.3, -0.25) is 0 Å². The van der Waals surface area contributed by atoms with Gasteiger partial charge in [0.25, 0.3) is 0 Å². The van der Waals surface area contributed by atoms with Crippen LogP contribution in [0.2, 0.25) is 0 Å². The van der Waals surface area contributed by atoms with Crippen LogP contribution < -0.4 is 5.32 Å². The summed E-state index contributed by atoms with van der Waals surface area (Å²) in [5.41, 5.74) is -0.247. The molecule has 0 spiro atoms. The molecular formula is C8H15NO. The standard InChI is InChI=1S/C8H15NO/c1-4-5-9-6-8(2,3)7-10/h4,7,9H,1,5-6H2,2-3H3. The van der Waals surface area contributed by atoms with Crippen LogP contribution in [0.1, 0.15) is 13.8 Å². The highest BCUT2D eigenvalue weighted by Gasteiger charge is 2.14. The Bertz CT molecular complexity index is 118. The van der Waals surface area contributed by atoms with Crippen LogP contribution in [0.25, 0.3) is 0 Å². The second-order valence-corrected chi connectivity index (χ2v) is 3.03. The molecule has 0 aromatic rings. The normalized spacial score (nSPS) is 11.0. The molecule has 0 heterocycles. The average molecular weight is 141 g/mol. The highest BCUT2D eigenvalue weighted by molar-refractivity contribution is 5.58. The first-order valence-corrected chi connectivity index (χ1v) is 3.40. The summed E-state index contributed by atoms with van der Waals surface area (Å²) in [6.07, 6.45) is 2.74. The zero-order valence-electron chi connectivity index (χ0n) is 6.68. The lowest BCUT2D eigenvalue weighted by Gasteiger charge is -2.15. The van der Waals surface area contributed by atoms with Crippen molar-refractivity contribution in [2.45, 2.75) is 13.8 Å². The van der Waals surface area contributed by atoms with E-state index in [2.05, 4.69) is 11.9 Å². The van der Waals surface area contributed by atoms with Crippen LogP contribution in [-0.4, -0.2) is 19.4 Å². The Balaban J connectivity index is 3.46. The SMILES string of the molecule is C=CCNCC(C)(C)C=O. The van der Waals surface area contributed by atoms with Crippen LogP contribution in [0.15, 0.2) is 12.7 Å². The number of carbonyl (C=O) groups is 1. The summed E-state index contributed by atoms with van der Waals surface area (Å²) in [5.74, 6) is 0.